The highest BCUT2D eigenvalue weighted by atomic mass is 35.5. The van der Waals surface area contributed by atoms with Gasteiger partial charge in [-0.3, -0.25) is 9.59 Å². The highest BCUT2D eigenvalue weighted by Crippen LogP contribution is 2.20. The van der Waals surface area contributed by atoms with Gasteiger partial charge in [0.25, 0.3) is 0 Å². The third-order valence-corrected chi connectivity index (χ3v) is 3.79. The summed E-state index contributed by atoms with van der Waals surface area (Å²) in [6.07, 6.45) is 0. The molecule has 0 saturated carbocycles. The average Bonchev–Trinajstić information content (AvgIpc) is 2.55. The largest absolute Gasteiger partial charge is 0.341 e. The lowest BCUT2D eigenvalue weighted by Crippen LogP contribution is -2.36. The molecule has 0 saturated heterocycles. The Hall–Kier alpha value is -2.84. The van der Waals surface area contributed by atoms with Crippen LogP contribution in [0.4, 0.5) is 5.69 Å². The first kappa shape index (κ1) is 17.5. The van der Waals surface area contributed by atoms with Crippen molar-refractivity contribution in [2.75, 3.05) is 5.32 Å². The third kappa shape index (κ3) is 4.34. The summed E-state index contributed by atoms with van der Waals surface area (Å²) in [5.41, 5.74) is 2.67. The molecule has 0 aliphatic rings. The fourth-order valence-corrected chi connectivity index (χ4v) is 2.29. The monoisotopic (exact) mass is 341 g/mol. The van der Waals surface area contributed by atoms with Crippen LogP contribution in [-0.4, -0.2) is 11.8 Å². The molecule has 0 aliphatic heterocycles. The van der Waals surface area contributed by atoms with Gasteiger partial charge in [-0.05, 0) is 37.6 Å². The van der Waals surface area contributed by atoms with Gasteiger partial charge in [0.15, 0.2) is 0 Å². The van der Waals surface area contributed by atoms with Gasteiger partial charge in [-0.25, -0.2) is 0 Å². The van der Waals surface area contributed by atoms with E-state index in [-0.39, 0.29) is 11.1 Å². The first-order valence-corrected chi connectivity index (χ1v) is 7.66. The Labute approximate surface area is 145 Å². The van der Waals surface area contributed by atoms with Crippen LogP contribution in [-0.2, 0) is 9.59 Å². The SMILES string of the molecule is Cc1ccc(C(C)NC(=O)C(=O)Nc2ccc(C#N)c(Cl)c2)cc1. The molecule has 0 heterocycles. The van der Waals surface area contributed by atoms with Gasteiger partial charge >= 0.3 is 11.8 Å². The van der Waals surface area contributed by atoms with Gasteiger partial charge in [-0.1, -0.05) is 41.4 Å². The van der Waals surface area contributed by atoms with E-state index in [2.05, 4.69) is 10.6 Å². The van der Waals surface area contributed by atoms with Crippen molar-refractivity contribution in [1.82, 2.24) is 5.32 Å². The van der Waals surface area contributed by atoms with Gasteiger partial charge in [-0.15, -0.1) is 0 Å². The van der Waals surface area contributed by atoms with Crippen molar-refractivity contribution in [3.05, 3.63) is 64.2 Å². The Kier molecular flexibility index (Phi) is 5.56. The topological polar surface area (TPSA) is 82.0 Å². The minimum atomic E-state index is -0.797. The van der Waals surface area contributed by atoms with Gasteiger partial charge in [0.05, 0.1) is 16.6 Å². The van der Waals surface area contributed by atoms with E-state index in [0.717, 1.165) is 11.1 Å². The minimum Gasteiger partial charge on any atom is -0.341 e. The maximum atomic E-state index is 12.0. The summed E-state index contributed by atoms with van der Waals surface area (Å²) in [7, 11) is 0. The fraction of sp³-hybridized carbons (Fsp3) is 0.167. The number of hydrogen-bond acceptors (Lipinski definition) is 3. The molecule has 0 spiro atoms. The van der Waals surface area contributed by atoms with E-state index in [4.69, 9.17) is 16.9 Å². The van der Waals surface area contributed by atoms with E-state index in [1.54, 1.807) is 6.92 Å². The van der Waals surface area contributed by atoms with Crippen LogP contribution in [0.1, 0.15) is 29.7 Å². The lowest BCUT2D eigenvalue weighted by atomic mass is 10.1. The van der Waals surface area contributed by atoms with Crippen molar-refractivity contribution in [3.63, 3.8) is 0 Å². The molecule has 2 rings (SSSR count). The summed E-state index contributed by atoms with van der Waals surface area (Å²) in [6, 6.07) is 13.7. The number of anilines is 1. The molecule has 5 nitrogen and oxygen atoms in total. The number of amides is 2. The number of halogens is 1. The molecular formula is C18H16ClN3O2. The summed E-state index contributed by atoms with van der Waals surface area (Å²) >= 11 is 5.90. The number of carbonyl (C=O) groups excluding carboxylic acids is 2. The Bertz CT molecular complexity index is 810. The summed E-state index contributed by atoms with van der Waals surface area (Å²) < 4.78 is 0. The molecular weight excluding hydrogens is 326 g/mol. The van der Waals surface area contributed by atoms with Crippen LogP contribution in [0.15, 0.2) is 42.5 Å². The van der Waals surface area contributed by atoms with E-state index in [1.165, 1.54) is 18.2 Å². The maximum Gasteiger partial charge on any atom is 0.313 e. The van der Waals surface area contributed by atoms with Crippen molar-refractivity contribution in [3.8, 4) is 6.07 Å². The minimum absolute atomic E-state index is 0.212. The predicted molar refractivity (Wildman–Crippen MR) is 92.5 cm³/mol. The first-order valence-electron chi connectivity index (χ1n) is 7.28. The van der Waals surface area contributed by atoms with Gasteiger partial charge < -0.3 is 10.6 Å². The Morgan fingerprint density at radius 2 is 1.79 bits per heavy atom. The van der Waals surface area contributed by atoms with E-state index in [0.29, 0.717) is 11.3 Å². The van der Waals surface area contributed by atoms with E-state index < -0.39 is 11.8 Å². The maximum absolute atomic E-state index is 12.0. The van der Waals surface area contributed by atoms with Gasteiger partial charge in [0.2, 0.25) is 0 Å². The normalized spacial score (nSPS) is 11.2. The number of nitrogens with one attached hydrogen (secondary N) is 2. The molecule has 6 heteroatoms. The molecule has 0 aliphatic carbocycles. The van der Waals surface area contributed by atoms with Crippen molar-refractivity contribution in [1.29, 1.82) is 5.26 Å². The Balaban J connectivity index is 1.99. The summed E-state index contributed by atoms with van der Waals surface area (Å²) in [5, 5.41) is 14.1. The Morgan fingerprint density at radius 1 is 1.12 bits per heavy atom. The fourth-order valence-electron chi connectivity index (χ4n) is 2.07. The van der Waals surface area contributed by atoms with Gasteiger partial charge in [-0.2, -0.15) is 5.26 Å². The Morgan fingerprint density at radius 3 is 2.38 bits per heavy atom. The van der Waals surface area contributed by atoms with Crippen LogP contribution in [0.25, 0.3) is 0 Å². The molecule has 0 radical (unpaired) electrons. The van der Waals surface area contributed by atoms with E-state index >= 15 is 0 Å². The lowest BCUT2D eigenvalue weighted by Gasteiger charge is -2.14. The van der Waals surface area contributed by atoms with Crippen LogP contribution in [0, 0.1) is 18.3 Å². The number of hydrogen-bond donors (Lipinski definition) is 2. The number of nitriles is 1. The van der Waals surface area contributed by atoms with Gasteiger partial charge in [0.1, 0.15) is 6.07 Å². The molecule has 2 N–H and O–H groups in total. The molecule has 122 valence electrons. The van der Waals surface area contributed by atoms with E-state index in [1.807, 2.05) is 37.3 Å². The van der Waals surface area contributed by atoms with Crippen molar-refractivity contribution < 1.29 is 9.59 Å². The first-order chi connectivity index (χ1) is 11.4. The molecule has 2 aromatic carbocycles. The molecule has 0 aromatic heterocycles. The number of rotatable bonds is 3. The van der Waals surface area contributed by atoms with Crippen LogP contribution in [0.3, 0.4) is 0 Å². The summed E-state index contributed by atoms with van der Waals surface area (Å²) in [4.78, 5) is 24.0. The summed E-state index contributed by atoms with van der Waals surface area (Å²) in [5.74, 6) is -1.54. The average molecular weight is 342 g/mol. The molecule has 2 amide bonds. The number of carbonyl (C=O) groups is 2. The van der Waals surface area contributed by atoms with E-state index in [9.17, 15) is 9.59 Å². The molecule has 1 atom stereocenters. The van der Waals surface area contributed by atoms with Crippen LogP contribution < -0.4 is 10.6 Å². The number of benzene rings is 2. The zero-order valence-electron chi connectivity index (χ0n) is 13.3. The van der Waals surface area contributed by atoms with Crippen molar-refractivity contribution in [2.24, 2.45) is 0 Å². The smallest absolute Gasteiger partial charge is 0.313 e. The molecule has 0 fully saturated rings. The summed E-state index contributed by atoms with van der Waals surface area (Å²) in [6.45, 7) is 3.78. The van der Waals surface area contributed by atoms with Crippen LogP contribution in [0.2, 0.25) is 5.02 Å². The second-order valence-electron chi connectivity index (χ2n) is 5.37. The highest BCUT2D eigenvalue weighted by Gasteiger charge is 2.17. The molecule has 0 bridgehead atoms. The van der Waals surface area contributed by atoms with Crippen molar-refractivity contribution >= 4 is 29.1 Å². The quantitative estimate of drug-likeness (QED) is 0.840. The van der Waals surface area contributed by atoms with Crippen LogP contribution in [0.5, 0.6) is 0 Å². The standard InChI is InChI=1S/C18H16ClN3O2/c1-11-3-5-13(6-4-11)12(2)21-17(23)18(24)22-15-8-7-14(10-20)16(19)9-15/h3-9,12H,1-2H3,(H,21,23)(H,22,24). The zero-order chi connectivity index (χ0) is 17.7. The number of nitrogens with zero attached hydrogens (tertiary/aromatic N) is 1. The number of aryl methyl sites for hydroxylation is 1. The van der Waals surface area contributed by atoms with Gasteiger partial charge in [0, 0.05) is 5.69 Å². The molecule has 2 aromatic rings. The predicted octanol–water partition coefficient (Wildman–Crippen LogP) is 3.34. The molecule has 1 unspecified atom stereocenters. The third-order valence-electron chi connectivity index (χ3n) is 3.48. The highest BCUT2D eigenvalue weighted by molar-refractivity contribution is 6.40. The zero-order valence-corrected chi connectivity index (χ0v) is 14.0. The van der Waals surface area contributed by atoms with Crippen LogP contribution >= 0.6 is 11.6 Å². The second-order valence-corrected chi connectivity index (χ2v) is 5.77. The second kappa shape index (κ2) is 7.62. The lowest BCUT2D eigenvalue weighted by molar-refractivity contribution is -0.136. The van der Waals surface area contributed by atoms with Crippen molar-refractivity contribution in [2.45, 2.75) is 19.9 Å². The molecule has 24 heavy (non-hydrogen) atoms.